The number of para-hydroxylation sites is 2. The molecule has 0 saturated carbocycles. The Bertz CT molecular complexity index is 1180. The lowest BCUT2D eigenvalue weighted by molar-refractivity contribution is 0.102. The molecule has 7 N–H and O–H groups in total. The van der Waals surface area contributed by atoms with Gasteiger partial charge in [0.2, 0.25) is 6.79 Å². The Morgan fingerprint density at radius 1 is 1.03 bits per heavy atom. The highest BCUT2D eigenvalue weighted by Crippen LogP contribution is 2.35. The predicted molar refractivity (Wildman–Crippen MR) is 125 cm³/mol. The molecular formula is C24H25N5O5. The smallest absolute Gasteiger partial charge is 0.312 e. The zero-order chi connectivity index (χ0) is 24.1. The van der Waals surface area contributed by atoms with Crippen molar-refractivity contribution < 1.29 is 24.2 Å². The average Bonchev–Trinajstić information content (AvgIpc) is 3.31. The number of fused-ring (bicyclic) bond motifs is 1. The fourth-order valence-electron chi connectivity index (χ4n) is 3.65. The van der Waals surface area contributed by atoms with Crippen LogP contribution in [0.2, 0.25) is 0 Å². The van der Waals surface area contributed by atoms with Gasteiger partial charge in [0.25, 0.3) is 5.91 Å². The van der Waals surface area contributed by atoms with Crippen LogP contribution in [-0.2, 0) is 0 Å². The summed E-state index contributed by atoms with van der Waals surface area (Å²) in [5.41, 5.74) is 13.6. The van der Waals surface area contributed by atoms with Crippen LogP contribution < -0.4 is 31.6 Å². The van der Waals surface area contributed by atoms with E-state index in [1.165, 1.54) is 6.20 Å². The number of urea groups is 1. The number of nitrogens with two attached hydrogens (primary N) is 2. The topological polar surface area (TPSA) is 162 Å². The monoisotopic (exact) mass is 463 g/mol. The Balaban J connectivity index is 1.42. The van der Waals surface area contributed by atoms with Crippen molar-refractivity contribution in [1.29, 1.82) is 0 Å². The van der Waals surface area contributed by atoms with E-state index in [0.717, 1.165) is 0 Å². The van der Waals surface area contributed by atoms with Gasteiger partial charge in [-0.2, -0.15) is 0 Å². The second-order valence-corrected chi connectivity index (χ2v) is 7.79. The number of amides is 3. The number of benzene rings is 2. The van der Waals surface area contributed by atoms with E-state index in [0.29, 0.717) is 46.8 Å². The number of carbonyl (C=O) groups excluding carboxylic acids is 2. The summed E-state index contributed by atoms with van der Waals surface area (Å²) < 4.78 is 10.6. The van der Waals surface area contributed by atoms with Gasteiger partial charge in [-0.25, -0.2) is 4.79 Å². The van der Waals surface area contributed by atoms with Crippen LogP contribution in [0.4, 0.5) is 16.2 Å². The number of aromatic nitrogens is 1. The zero-order valence-electron chi connectivity index (χ0n) is 18.2. The third-order valence-electron chi connectivity index (χ3n) is 5.46. The minimum Gasteiger partial charge on any atom is -0.454 e. The number of nitrogens with zero attached hydrogens (tertiary/aromatic N) is 1. The quantitative estimate of drug-likeness (QED) is 0.321. The van der Waals surface area contributed by atoms with E-state index in [1.54, 1.807) is 54.6 Å². The molecule has 4 rings (SSSR count). The molecule has 0 radical (unpaired) electrons. The van der Waals surface area contributed by atoms with Crippen molar-refractivity contribution in [3.05, 3.63) is 77.6 Å². The van der Waals surface area contributed by atoms with E-state index >= 15 is 0 Å². The highest BCUT2D eigenvalue weighted by molar-refractivity contribution is 6.04. The lowest BCUT2D eigenvalue weighted by Crippen LogP contribution is -2.33. The third-order valence-corrected chi connectivity index (χ3v) is 5.46. The Kier molecular flexibility index (Phi) is 6.79. The van der Waals surface area contributed by atoms with E-state index in [2.05, 4.69) is 15.6 Å². The summed E-state index contributed by atoms with van der Waals surface area (Å²) in [5.74, 6) is 0.801. The van der Waals surface area contributed by atoms with Crippen LogP contribution in [-0.4, -0.2) is 28.8 Å². The van der Waals surface area contributed by atoms with Crippen LogP contribution >= 0.6 is 0 Å². The maximum absolute atomic E-state index is 12.5. The first-order valence-corrected chi connectivity index (χ1v) is 10.7. The van der Waals surface area contributed by atoms with Gasteiger partial charge in [-0.3, -0.25) is 9.78 Å². The van der Waals surface area contributed by atoms with E-state index in [4.69, 9.17) is 20.9 Å². The molecule has 0 bridgehead atoms. The average molecular weight is 463 g/mol. The standard InChI is InChI=1S/C24H25N5O5/c25-16-3-1-2-4-18(16)28-23(31)19-7-5-15(12-27-19)17(29-24(26)32)8-9-20(30)14-6-10-21-22(11-14)34-13-33-21/h1-7,10-12,17,20,30H,8-9,13,25H2,(H,28,31)(H3,26,29,32). The van der Waals surface area contributed by atoms with Crippen molar-refractivity contribution in [2.24, 2.45) is 5.73 Å². The number of carbonyl (C=O) groups is 2. The summed E-state index contributed by atoms with van der Waals surface area (Å²) in [6, 6.07) is 14.2. The number of hydrogen-bond acceptors (Lipinski definition) is 7. The number of aliphatic hydroxyl groups is 1. The van der Waals surface area contributed by atoms with E-state index < -0.39 is 24.1 Å². The van der Waals surface area contributed by atoms with Gasteiger partial charge in [-0.15, -0.1) is 0 Å². The van der Waals surface area contributed by atoms with Crippen LogP contribution in [0.1, 0.15) is 46.6 Å². The summed E-state index contributed by atoms with van der Waals surface area (Å²) >= 11 is 0. The molecule has 34 heavy (non-hydrogen) atoms. The molecule has 2 unspecified atom stereocenters. The van der Waals surface area contributed by atoms with Crippen molar-refractivity contribution in [1.82, 2.24) is 10.3 Å². The Labute approximate surface area is 195 Å². The maximum Gasteiger partial charge on any atom is 0.312 e. The molecule has 1 aliphatic heterocycles. The highest BCUT2D eigenvalue weighted by Gasteiger charge is 2.20. The first-order chi connectivity index (χ1) is 16.4. The maximum atomic E-state index is 12.5. The molecule has 2 heterocycles. The second-order valence-electron chi connectivity index (χ2n) is 7.79. The van der Waals surface area contributed by atoms with Crippen molar-refractivity contribution in [2.45, 2.75) is 25.0 Å². The summed E-state index contributed by atoms with van der Waals surface area (Å²) in [7, 11) is 0. The predicted octanol–water partition coefficient (Wildman–Crippen LogP) is 2.87. The van der Waals surface area contributed by atoms with Gasteiger partial charge < -0.3 is 36.7 Å². The first-order valence-electron chi connectivity index (χ1n) is 10.7. The lowest BCUT2D eigenvalue weighted by Gasteiger charge is -2.20. The molecule has 0 spiro atoms. The van der Waals surface area contributed by atoms with Crippen LogP contribution in [0.3, 0.4) is 0 Å². The molecule has 176 valence electrons. The molecule has 1 aromatic heterocycles. The molecule has 0 saturated heterocycles. The van der Waals surface area contributed by atoms with Gasteiger partial charge in [-0.1, -0.05) is 24.3 Å². The van der Waals surface area contributed by atoms with Crippen LogP contribution in [0, 0.1) is 0 Å². The molecule has 2 atom stereocenters. The van der Waals surface area contributed by atoms with Crippen molar-refractivity contribution >= 4 is 23.3 Å². The Morgan fingerprint density at radius 3 is 2.53 bits per heavy atom. The SMILES string of the molecule is NC(=O)NC(CCC(O)c1ccc2c(c1)OCO2)c1ccc(C(=O)Nc2ccccc2N)nc1. The minimum atomic E-state index is -0.791. The summed E-state index contributed by atoms with van der Waals surface area (Å²) in [5, 5.41) is 16.0. The van der Waals surface area contributed by atoms with Crippen LogP contribution in [0.5, 0.6) is 11.5 Å². The number of nitrogens with one attached hydrogen (secondary N) is 2. The molecule has 2 aromatic carbocycles. The summed E-state index contributed by atoms with van der Waals surface area (Å²) in [4.78, 5) is 28.3. The first kappa shape index (κ1) is 22.9. The number of primary amides is 1. The number of anilines is 2. The lowest BCUT2D eigenvalue weighted by atomic mass is 9.98. The Morgan fingerprint density at radius 2 is 1.79 bits per heavy atom. The fourth-order valence-corrected chi connectivity index (χ4v) is 3.65. The second kappa shape index (κ2) is 10.1. The number of ether oxygens (including phenoxy) is 2. The van der Waals surface area contributed by atoms with Gasteiger partial charge >= 0.3 is 6.03 Å². The number of hydrogen-bond donors (Lipinski definition) is 5. The fraction of sp³-hybridized carbons (Fsp3) is 0.208. The van der Waals surface area contributed by atoms with Crippen molar-refractivity contribution in [2.75, 3.05) is 17.8 Å². The largest absolute Gasteiger partial charge is 0.454 e. The van der Waals surface area contributed by atoms with Crippen molar-refractivity contribution in [3.8, 4) is 11.5 Å². The summed E-state index contributed by atoms with van der Waals surface area (Å²) in [6.45, 7) is 0.152. The molecule has 0 aliphatic carbocycles. The van der Waals surface area contributed by atoms with Crippen LogP contribution in [0.25, 0.3) is 0 Å². The number of pyridine rings is 1. The zero-order valence-corrected chi connectivity index (χ0v) is 18.2. The van der Waals surface area contributed by atoms with Gasteiger partial charge in [0.15, 0.2) is 11.5 Å². The minimum absolute atomic E-state index is 0.152. The van der Waals surface area contributed by atoms with E-state index in [-0.39, 0.29) is 12.5 Å². The highest BCUT2D eigenvalue weighted by atomic mass is 16.7. The number of nitrogen functional groups attached to an aromatic ring is 1. The molecule has 3 amide bonds. The van der Waals surface area contributed by atoms with E-state index in [1.807, 2.05) is 0 Å². The molecule has 10 nitrogen and oxygen atoms in total. The molecule has 10 heteroatoms. The normalized spacial score (nSPS) is 13.7. The summed E-state index contributed by atoms with van der Waals surface area (Å²) in [6.07, 6.45) is 1.42. The Hall–Kier alpha value is -4.31. The van der Waals surface area contributed by atoms with Gasteiger partial charge in [0.1, 0.15) is 5.69 Å². The number of rotatable bonds is 8. The van der Waals surface area contributed by atoms with Gasteiger partial charge in [-0.05, 0) is 54.3 Å². The third kappa shape index (κ3) is 5.36. The molecular weight excluding hydrogens is 438 g/mol. The molecule has 1 aliphatic rings. The molecule has 3 aromatic rings. The van der Waals surface area contributed by atoms with Gasteiger partial charge in [0.05, 0.1) is 23.5 Å². The molecule has 0 fully saturated rings. The number of aliphatic hydroxyl groups excluding tert-OH is 1. The van der Waals surface area contributed by atoms with Crippen molar-refractivity contribution in [3.63, 3.8) is 0 Å². The van der Waals surface area contributed by atoms with Gasteiger partial charge in [0, 0.05) is 6.20 Å². The van der Waals surface area contributed by atoms with Crippen LogP contribution in [0.15, 0.2) is 60.8 Å². The van der Waals surface area contributed by atoms with E-state index in [9.17, 15) is 14.7 Å².